The number of fused-ring (bicyclic) bond motifs is 1. The average Bonchev–Trinajstić information content (AvgIpc) is 3.01. The number of hydrogen-bond acceptors (Lipinski definition) is 3. The number of amides is 1. The summed E-state index contributed by atoms with van der Waals surface area (Å²) in [4.78, 5) is 18.0. The van der Waals surface area contributed by atoms with Gasteiger partial charge in [0, 0.05) is 43.3 Å². The van der Waals surface area contributed by atoms with Gasteiger partial charge in [-0.1, -0.05) is 0 Å². The monoisotopic (exact) mass is 326 g/mol. The third-order valence-corrected chi connectivity index (χ3v) is 4.71. The zero-order valence-electron chi connectivity index (χ0n) is 13.7. The standard InChI is InChI=1S/C18H22N4O2/c19-12-14-4-5-17-16(11-14)15(13-20-17)3-1-2-6-21-7-9-22(10-8-21)18(23)24/h4-5,11,13,20H,1-3,6-10H2,(H,23,24). The number of aromatic nitrogens is 1. The minimum Gasteiger partial charge on any atom is -0.465 e. The van der Waals surface area contributed by atoms with Crippen molar-refractivity contribution in [2.75, 3.05) is 32.7 Å². The summed E-state index contributed by atoms with van der Waals surface area (Å²) in [6.07, 6.45) is 4.40. The van der Waals surface area contributed by atoms with E-state index in [9.17, 15) is 4.79 Å². The third kappa shape index (κ3) is 3.69. The molecule has 1 aromatic carbocycles. The van der Waals surface area contributed by atoms with Crippen LogP contribution in [0.3, 0.4) is 0 Å². The fourth-order valence-corrected chi connectivity index (χ4v) is 3.27. The maximum Gasteiger partial charge on any atom is 0.407 e. The molecule has 24 heavy (non-hydrogen) atoms. The van der Waals surface area contributed by atoms with E-state index in [-0.39, 0.29) is 0 Å². The van der Waals surface area contributed by atoms with Gasteiger partial charge in [0.1, 0.15) is 0 Å². The first-order valence-corrected chi connectivity index (χ1v) is 8.38. The molecule has 6 nitrogen and oxygen atoms in total. The van der Waals surface area contributed by atoms with Gasteiger partial charge in [-0.2, -0.15) is 5.26 Å². The Morgan fingerprint density at radius 3 is 2.75 bits per heavy atom. The Hall–Kier alpha value is -2.52. The van der Waals surface area contributed by atoms with Crippen LogP contribution >= 0.6 is 0 Å². The number of H-pyrrole nitrogens is 1. The molecule has 1 aliphatic rings. The lowest BCUT2D eigenvalue weighted by Gasteiger charge is -2.33. The van der Waals surface area contributed by atoms with Gasteiger partial charge in [0.05, 0.1) is 11.6 Å². The summed E-state index contributed by atoms with van der Waals surface area (Å²) in [6.45, 7) is 3.87. The van der Waals surface area contributed by atoms with Crippen LogP contribution in [0.15, 0.2) is 24.4 Å². The van der Waals surface area contributed by atoms with E-state index in [0.29, 0.717) is 18.7 Å². The van der Waals surface area contributed by atoms with Crippen molar-refractivity contribution in [3.63, 3.8) is 0 Å². The molecule has 6 heteroatoms. The molecule has 1 fully saturated rings. The van der Waals surface area contributed by atoms with Crippen molar-refractivity contribution in [1.82, 2.24) is 14.8 Å². The minimum absolute atomic E-state index is 0.606. The highest BCUT2D eigenvalue weighted by molar-refractivity contribution is 5.84. The van der Waals surface area contributed by atoms with E-state index in [1.807, 2.05) is 24.4 Å². The number of aromatic amines is 1. The van der Waals surface area contributed by atoms with Crippen LogP contribution in [0.5, 0.6) is 0 Å². The second kappa shape index (κ2) is 7.37. The largest absolute Gasteiger partial charge is 0.465 e. The first-order chi connectivity index (χ1) is 11.7. The van der Waals surface area contributed by atoms with Crippen LogP contribution in [-0.2, 0) is 6.42 Å². The predicted molar refractivity (Wildman–Crippen MR) is 92.0 cm³/mol. The number of nitrogens with one attached hydrogen (secondary N) is 1. The molecule has 0 aliphatic carbocycles. The number of benzene rings is 1. The Balaban J connectivity index is 1.46. The predicted octanol–water partition coefficient (Wildman–Crippen LogP) is 2.66. The quantitative estimate of drug-likeness (QED) is 0.828. The van der Waals surface area contributed by atoms with E-state index in [1.54, 1.807) is 0 Å². The number of hydrogen-bond donors (Lipinski definition) is 2. The summed E-state index contributed by atoms with van der Waals surface area (Å²) in [7, 11) is 0. The number of piperazine rings is 1. The second-order valence-corrected chi connectivity index (χ2v) is 6.25. The number of carboxylic acid groups (broad SMARTS) is 1. The number of nitrogens with zero attached hydrogens (tertiary/aromatic N) is 3. The minimum atomic E-state index is -0.814. The van der Waals surface area contributed by atoms with Crippen LogP contribution in [0, 0.1) is 11.3 Å². The smallest absolute Gasteiger partial charge is 0.407 e. The van der Waals surface area contributed by atoms with E-state index in [4.69, 9.17) is 10.4 Å². The van der Waals surface area contributed by atoms with Gasteiger partial charge in [0.25, 0.3) is 0 Å². The molecule has 3 rings (SSSR count). The van der Waals surface area contributed by atoms with Gasteiger partial charge in [0.2, 0.25) is 0 Å². The molecule has 0 unspecified atom stereocenters. The highest BCUT2D eigenvalue weighted by atomic mass is 16.4. The van der Waals surface area contributed by atoms with Crippen LogP contribution < -0.4 is 0 Å². The van der Waals surface area contributed by atoms with Crippen molar-refractivity contribution in [3.8, 4) is 6.07 Å². The number of rotatable bonds is 5. The fraction of sp³-hybridized carbons (Fsp3) is 0.444. The van der Waals surface area contributed by atoms with Gasteiger partial charge >= 0.3 is 6.09 Å². The highest BCUT2D eigenvalue weighted by Crippen LogP contribution is 2.21. The molecular formula is C18H22N4O2. The van der Waals surface area contributed by atoms with Crippen LogP contribution in [0.25, 0.3) is 10.9 Å². The maximum atomic E-state index is 10.9. The third-order valence-electron chi connectivity index (χ3n) is 4.71. The maximum absolute atomic E-state index is 10.9. The van der Waals surface area contributed by atoms with Gasteiger partial charge < -0.3 is 15.0 Å². The Morgan fingerprint density at radius 2 is 2.04 bits per heavy atom. The molecule has 0 spiro atoms. The number of nitriles is 1. The Morgan fingerprint density at radius 1 is 1.25 bits per heavy atom. The van der Waals surface area contributed by atoms with Crippen molar-refractivity contribution in [2.24, 2.45) is 0 Å². The summed E-state index contributed by atoms with van der Waals surface area (Å²) in [5.41, 5.74) is 3.03. The lowest BCUT2D eigenvalue weighted by atomic mass is 10.1. The van der Waals surface area contributed by atoms with Gasteiger partial charge in [-0.25, -0.2) is 4.79 Å². The van der Waals surface area contributed by atoms with Crippen molar-refractivity contribution in [3.05, 3.63) is 35.5 Å². The first-order valence-electron chi connectivity index (χ1n) is 8.38. The zero-order valence-corrected chi connectivity index (χ0v) is 13.7. The van der Waals surface area contributed by atoms with E-state index >= 15 is 0 Å². The summed E-state index contributed by atoms with van der Waals surface area (Å²) in [5, 5.41) is 19.1. The number of aryl methyl sites for hydroxylation is 1. The van der Waals surface area contributed by atoms with Gasteiger partial charge in [-0.05, 0) is 49.6 Å². The molecule has 0 saturated carbocycles. The van der Waals surface area contributed by atoms with Gasteiger partial charge in [-0.3, -0.25) is 4.90 Å². The molecular weight excluding hydrogens is 304 g/mol. The molecule has 2 heterocycles. The molecule has 2 N–H and O–H groups in total. The normalized spacial score (nSPS) is 15.5. The molecule has 1 amide bonds. The second-order valence-electron chi connectivity index (χ2n) is 6.25. The van der Waals surface area contributed by atoms with Gasteiger partial charge in [-0.15, -0.1) is 0 Å². The first kappa shape index (κ1) is 16.3. The van der Waals surface area contributed by atoms with Crippen molar-refractivity contribution >= 4 is 17.0 Å². The van der Waals surface area contributed by atoms with Crippen LogP contribution in [-0.4, -0.2) is 58.7 Å². The van der Waals surface area contributed by atoms with Crippen LogP contribution in [0.1, 0.15) is 24.0 Å². The summed E-state index contributed by atoms with van der Waals surface area (Å²) in [6, 6.07) is 7.93. The number of carbonyl (C=O) groups is 1. The van der Waals surface area contributed by atoms with E-state index in [0.717, 1.165) is 49.8 Å². The lowest BCUT2D eigenvalue weighted by Crippen LogP contribution is -2.48. The van der Waals surface area contributed by atoms with Crippen molar-refractivity contribution < 1.29 is 9.90 Å². The molecule has 1 aliphatic heterocycles. The molecule has 2 aromatic rings. The van der Waals surface area contributed by atoms with E-state index in [1.165, 1.54) is 10.5 Å². The highest BCUT2D eigenvalue weighted by Gasteiger charge is 2.19. The summed E-state index contributed by atoms with van der Waals surface area (Å²) >= 11 is 0. The van der Waals surface area contributed by atoms with Crippen LogP contribution in [0.4, 0.5) is 4.79 Å². The van der Waals surface area contributed by atoms with Crippen LogP contribution in [0.2, 0.25) is 0 Å². The van der Waals surface area contributed by atoms with Crippen molar-refractivity contribution in [1.29, 1.82) is 5.26 Å². The fourth-order valence-electron chi connectivity index (χ4n) is 3.27. The molecule has 1 aromatic heterocycles. The van der Waals surface area contributed by atoms with Gasteiger partial charge in [0.15, 0.2) is 0 Å². The molecule has 0 radical (unpaired) electrons. The molecule has 0 atom stereocenters. The van der Waals surface area contributed by atoms with Crippen molar-refractivity contribution in [2.45, 2.75) is 19.3 Å². The average molecular weight is 326 g/mol. The SMILES string of the molecule is N#Cc1ccc2[nH]cc(CCCCN3CCN(C(=O)O)CC3)c2c1. The Bertz CT molecular complexity index is 754. The summed E-state index contributed by atoms with van der Waals surface area (Å²) < 4.78 is 0. The zero-order chi connectivity index (χ0) is 16.9. The molecule has 126 valence electrons. The van der Waals surface area contributed by atoms with E-state index < -0.39 is 6.09 Å². The van der Waals surface area contributed by atoms with E-state index in [2.05, 4.69) is 16.0 Å². The topological polar surface area (TPSA) is 83.4 Å². The Labute approximate surface area is 141 Å². The lowest BCUT2D eigenvalue weighted by molar-refractivity contribution is 0.105. The molecule has 0 bridgehead atoms. The Kier molecular flexibility index (Phi) is 5.02. The molecule has 1 saturated heterocycles. The number of unbranched alkanes of at least 4 members (excludes halogenated alkanes) is 1. The summed E-state index contributed by atoms with van der Waals surface area (Å²) in [5.74, 6) is 0.